The number of hydrazine groups is 1. The number of nitrogens with one attached hydrogen (secondary N) is 2. The van der Waals surface area contributed by atoms with Gasteiger partial charge in [0.1, 0.15) is 10.6 Å². The van der Waals surface area contributed by atoms with Crippen molar-refractivity contribution in [3.63, 3.8) is 0 Å². The molecule has 0 radical (unpaired) electrons. The zero-order valence-corrected chi connectivity index (χ0v) is 13.6. The first-order valence-electron chi connectivity index (χ1n) is 7.20. The number of nitrogens with two attached hydrogens (primary N) is 1. The maximum atomic E-state index is 5.53. The smallest absolute Gasteiger partial charge is 0.240 e. The highest BCUT2D eigenvalue weighted by molar-refractivity contribution is 7.18. The SMILES string of the molecule is Cc1cc2c(NCCCCOC(C)C)nc(NN)nc2s1. The average molecular weight is 309 g/mol. The van der Waals surface area contributed by atoms with E-state index in [0.29, 0.717) is 12.1 Å². The van der Waals surface area contributed by atoms with Crippen LogP contribution in [0.15, 0.2) is 6.07 Å². The Hall–Kier alpha value is -1.44. The van der Waals surface area contributed by atoms with Crippen molar-refractivity contribution in [2.45, 2.75) is 39.7 Å². The molecule has 0 aliphatic rings. The van der Waals surface area contributed by atoms with Crippen molar-refractivity contribution in [1.29, 1.82) is 0 Å². The number of anilines is 2. The van der Waals surface area contributed by atoms with E-state index in [1.54, 1.807) is 11.3 Å². The van der Waals surface area contributed by atoms with Crippen LogP contribution in [0.5, 0.6) is 0 Å². The lowest BCUT2D eigenvalue weighted by atomic mass is 10.3. The van der Waals surface area contributed by atoms with Crippen molar-refractivity contribution in [3.05, 3.63) is 10.9 Å². The van der Waals surface area contributed by atoms with Gasteiger partial charge in [-0.3, -0.25) is 5.43 Å². The number of thiophene rings is 1. The largest absolute Gasteiger partial charge is 0.379 e. The van der Waals surface area contributed by atoms with Gasteiger partial charge >= 0.3 is 0 Å². The van der Waals surface area contributed by atoms with E-state index in [4.69, 9.17) is 10.6 Å². The monoisotopic (exact) mass is 309 g/mol. The van der Waals surface area contributed by atoms with E-state index in [0.717, 1.165) is 42.0 Å². The second-order valence-corrected chi connectivity index (χ2v) is 6.40. The van der Waals surface area contributed by atoms with Crippen LogP contribution in [0.2, 0.25) is 0 Å². The Morgan fingerprint density at radius 1 is 1.33 bits per heavy atom. The van der Waals surface area contributed by atoms with E-state index in [2.05, 4.69) is 47.5 Å². The predicted octanol–water partition coefficient (Wildman–Crippen LogP) is 2.90. The van der Waals surface area contributed by atoms with Crippen LogP contribution in [0.3, 0.4) is 0 Å². The van der Waals surface area contributed by atoms with Crippen LogP contribution < -0.4 is 16.6 Å². The third kappa shape index (κ3) is 4.52. The zero-order valence-electron chi connectivity index (χ0n) is 12.8. The summed E-state index contributed by atoms with van der Waals surface area (Å²) in [4.78, 5) is 10.9. The quantitative estimate of drug-likeness (QED) is 0.395. The molecule has 0 aromatic carbocycles. The molecule has 0 saturated carbocycles. The molecule has 4 N–H and O–H groups in total. The van der Waals surface area contributed by atoms with Gasteiger partial charge in [-0.1, -0.05) is 0 Å². The van der Waals surface area contributed by atoms with Gasteiger partial charge in [-0.05, 0) is 39.7 Å². The molecule has 0 aliphatic carbocycles. The summed E-state index contributed by atoms with van der Waals surface area (Å²) in [6.07, 6.45) is 2.36. The Morgan fingerprint density at radius 3 is 2.86 bits per heavy atom. The minimum Gasteiger partial charge on any atom is -0.379 e. The van der Waals surface area contributed by atoms with Crippen LogP contribution in [0.1, 0.15) is 31.6 Å². The number of ether oxygens (including phenoxy) is 1. The number of nitrogen functional groups attached to an aromatic ring is 1. The molecule has 0 bridgehead atoms. The molecule has 2 rings (SSSR count). The summed E-state index contributed by atoms with van der Waals surface area (Å²) in [5.41, 5.74) is 2.52. The number of aryl methyl sites for hydroxylation is 1. The second-order valence-electron chi connectivity index (χ2n) is 5.17. The predicted molar refractivity (Wildman–Crippen MR) is 88.8 cm³/mol. The lowest BCUT2D eigenvalue weighted by Crippen LogP contribution is -2.12. The first-order valence-corrected chi connectivity index (χ1v) is 8.02. The van der Waals surface area contributed by atoms with Crippen molar-refractivity contribution in [2.75, 3.05) is 23.9 Å². The van der Waals surface area contributed by atoms with Crippen molar-refractivity contribution >= 4 is 33.3 Å². The minimum absolute atomic E-state index is 0.298. The molecule has 0 saturated heterocycles. The Labute approximate surface area is 129 Å². The van der Waals surface area contributed by atoms with Gasteiger partial charge in [0.05, 0.1) is 11.5 Å². The van der Waals surface area contributed by atoms with Crippen LogP contribution in [-0.2, 0) is 4.74 Å². The lowest BCUT2D eigenvalue weighted by molar-refractivity contribution is 0.0765. The summed E-state index contributed by atoms with van der Waals surface area (Å²) in [6, 6.07) is 2.10. The summed E-state index contributed by atoms with van der Waals surface area (Å²) in [6.45, 7) is 7.82. The van der Waals surface area contributed by atoms with Crippen molar-refractivity contribution in [1.82, 2.24) is 9.97 Å². The fraction of sp³-hybridized carbons (Fsp3) is 0.571. The summed E-state index contributed by atoms with van der Waals surface area (Å²) in [5.74, 6) is 6.70. The maximum absolute atomic E-state index is 5.53. The number of aromatic nitrogens is 2. The van der Waals surface area contributed by atoms with Gasteiger partial charge in [-0.25, -0.2) is 10.8 Å². The van der Waals surface area contributed by atoms with E-state index in [1.807, 2.05) is 0 Å². The zero-order chi connectivity index (χ0) is 15.2. The second kappa shape index (κ2) is 7.53. The topological polar surface area (TPSA) is 85.1 Å². The first kappa shape index (κ1) is 15.9. The van der Waals surface area contributed by atoms with Gasteiger partial charge in [-0.15, -0.1) is 11.3 Å². The van der Waals surface area contributed by atoms with Crippen molar-refractivity contribution in [3.8, 4) is 0 Å². The molecule has 21 heavy (non-hydrogen) atoms. The molecule has 2 aromatic rings. The van der Waals surface area contributed by atoms with Crippen LogP contribution in [-0.4, -0.2) is 29.2 Å². The van der Waals surface area contributed by atoms with Gasteiger partial charge in [0.2, 0.25) is 5.95 Å². The Bertz CT molecular complexity index is 584. The highest BCUT2D eigenvalue weighted by Gasteiger charge is 2.09. The Kier molecular flexibility index (Phi) is 5.72. The molecule has 0 unspecified atom stereocenters. The normalized spacial score (nSPS) is 11.3. The Morgan fingerprint density at radius 2 is 2.14 bits per heavy atom. The van der Waals surface area contributed by atoms with Crippen LogP contribution in [0.25, 0.3) is 10.2 Å². The van der Waals surface area contributed by atoms with Gasteiger partial charge in [-0.2, -0.15) is 4.98 Å². The maximum Gasteiger partial charge on any atom is 0.240 e. The first-order chi connectivity index (χ1) is 10.1. The Balaban J connectivity index is 1.94. The molecule has 2 heterocycles. The summed E-state index contributed by atoms with van der Waals surface area (Å²) in [5, 5.41) is 4.42. The average Bonchev–Trinajstić information content (AvgIpc) is 2.82. The van der Waals surface area contributed by atoms with E-state index in [1.165, 1.54) is 4.88 Å². The molecule has 0 spiro atoms. The lowest BCUT2D eigenvalue weighted by Gasteiger charge is -2.09. The van der Waals surface area contributed by atoms with E-state index >= 15 is 0 Å². The van der Waals surface area contributed by atoms with Crippen molar-refractivity contribution < 1.29 is 4.74 Å². The van der Waals surface area contributed by atoms with Crippen LogP contribution in [0.4, 0.5) is 11.8 Å². The fourth-order valence-corrected chi connectivity index (χ4v) is 2.87. The van der Waals surface area contributed by atoms with Crippen LogP contribution in [0, 0.1) is 6.92 Å². The molecule has 6 nitrogen and oxygen atoms in total. The molecule has 0 aliphatic heterocycles. The van der Waals surface area contributed by atoms with E-state index in [-0.39, 0.29) is 0 Å². The number of fused-ring (bicyclic) bond motifs is 1. The highest BCUT2D eigenvalue weighted by Crippen LogP contribution is 2.29. The molecule has 116 valence electrons. The third-order valence-electron chi connectivity index (χ3n) is 2.96. The van der Waals surface area contributed by atoms with Gasteiger partial charge in [0.25, 0.3) is 0 Å². The van der Waals surface area contributed by atoms with Gasteiger partial charge < -0.3 is 10.1 Å². The number of nitrogens with zero attached hydrogens (tertiary/aromatic N) is 2. The highest BCUT2D eigenvalue weighted by atomic mass is 32.1. The number of rotatable bonds is 8. The summed E-state index contributed by atoms with van der Waals surface area (Å²) >= 11 is 1.64. The molecular formula is C14H23N5OS. The fourth-order valence-electron chi connectivity index (χ4n) is 1.99. The molecule has 0 atom stereocenters. The van der Waals surface area contributed by atoms with Gasteiger partial charge in [0.15, 0.2) is 0 Å². The third-order valence-corrected chi connectivity index (χ3v) is 3.90. The van der Waals surface area contributed by atoms with E-state index in [9.17, 15) is 0 Å². The van der Waals surface area contributed by atoms with Crippen molar-refractivity contribution in [2.24, 2.45) is 5.84 Å². The molecular weight excluding hydrogens is 286 g/mol. The molecule has 0 amide bonds. The summed E-state index contributed by atoms with van der Waals surface area (Å²) in [7, 11) is 0. The van der Waals surface area contributed by atoms with Crippen LogP contribution >= 0.6 is 11.3 Å². The van der Waals surface area contributed by atoms with E-state index < -0.39 is 0 Å². The minimum atomic E-state index is 0.298. The molecule has 0 fully saturated rings. The molecule has 2 aromatic heterocycles. The standard InChI is InChI=1S/C14H23N5OS/c1-9(2)20-7-5-4-6-16-12-11-8-10(3)21-13(11)18-14(17-12)19-15/h8-9H,4-7,15H2,1-3H3,(H2,16,17,18,19). The number of unbranched alkanes of at least 4 members (excludes halogenated alkanes) is 1. The number of hydrogen-bond donors (Lipinski definition) is 3. The number of hydrogen-bond acceptors (Lipinski definition) is 7. The summed E-state index contributed by atoms with van der Waals surface area (Å²) < 4.78 is 5.53. The molecule has 7 heteroatoms. The van der Waals surface area contributed by atoms with Gasteiger partial charge in [0, 0.05) is 18.0 Å².